The molecular weight excluding hydrogens is 404 g/mol. The SMILES string of the molecule is Brc1cc(Br)c(NCc2cnco2)c(Br)c1. The number of aromatic nitrogens is 1. The van der Waals surface area contributed by atoms with E-state index in [0.29, 0.717) is 6.54 Å². The van der Waals surface area contributed by atoms with Gasteiger partial charge in [-0.05, 0) is 44.0 Å². The first-order valence-electron chi connectivity index (χ1n) is 4.42. The number of nitrogens with zero attached hydrogens (tertiary/aromatic N) is 1. The van der Waals surface area contributed by atoms with Gasteiger partial charge in [-0.3, -0.25) is 0 Å². The molecule has 0 aliphatic rings. The van der Waals surface area contributed by atoms with Crippen molar-refractivity contribution in [3.8, 4) is 0 Å². The third kappa shape index (κ3) is 2.87. The smallest absolute Gasteiger partial charge is 0.180 e. The molecule has 1 aromatic carbocycles. The largest absolute Gasteiger partial charge is 0.447 e. The summed E-state index contributed by atoms with van der Waals surface area (Å²) < 4.78 is 8.12. The molecule has 0 bridgehead atoms. The van der Waals surface area contributed by atoms with Crippen molar-refractivity contribution in [3.63, 3.8) is 0 Å². The summed E-state index contributed by atoms with van der Waals surface area (Å²) in [4.78, 5) is 3.86. The molecule has 0 spiro atoms. The highest BCUT2D eigenvalue weighted by molar-refractivity contribution is 9.11. The molecule has 0 saturated heterocycles. The van der Waals surface area contributed by atoms with Crippen molar-refractivity contribution in [2.75, 3.05) is 5.32 Å². The lowest BCUT2D eigenvalue weighted by molar-refractivity contribution is 0.511. The quantitative estimate of drug-likeness (QED) is 0.805. The second kappa shape index (κ2) is 5.33. The van der Waals surface area contributed by atoms with Crippen LogP contribution in [0.5, 0.6) is 0 Å². The summed E-state index contributed by atoms with van der Waals surface area (Å²) in [6.45, 7) is 0.596. The highest BCUT2D eigenvalue weighted by Gasteiger charge is 2.07. The lowest BCUT2D eigenvalue weighted by Gasteiger charge is -2.09. The fraction of sp³-hybridized carbons (Fsp3) is 0.100. The number of hydrogen-bond acceptors (Lipinski definition) is 3. The Balaban J connectivity index is 2.15. The number of nitrogens with one attached hydrogen (secondary N) is 1. The molecule has 2 rings (SSSR count). The zero-order chi connectivity index (χ0) is 11.5. The van der Waals surface area contributed by atoms with Crippen molar-refractivity contribution in [1.82, 2.24) is 4.98 Å². The molecule has 84 valence electrons. The maximum Gasteiger partial charge on any atom is 0.180 e. The molecule has 0 aliphatic carbocycles. The van der Waals surface area contributed by atoms with Crippen LogP contribution in [0.25, 0.3) is 0 Å². The molecule has 0 atom stereocenters. The Morgan fingerprint density at radius 3 is 2.44 bits per heavy atom. The van der Waals surface area contributed by atoms with E-state index < -0.39 is 0 Å². The van der Waals surface area contributed by atoms with Gasteiger partial charge < -0.3 is 9.73 Å². The Labute approximate surface area is 118 Å². The van der Waals surface area contributed by atoms with E-state index in [1.54, 1.807) is 6.20 Å². The van der Waals surface area contributed by atoms with E-state index in [-0.39, 0.29) is 0 Å². The first-order chi connectivity index (χ1) is 7.66. The third-order valence-electron chi connectivity index (χ3n) is 1.93. The Hall–Kier alpha value is -0.330. The molecule has 0 unspecified atom stereocenters. The van der Waals surface area contributed by atoms with Crippen LogP contribution in [0, 0.1) is 0 Å². The normalized spacial score (nSPS) is 10.4. The van der Waals surface area contributed by atoms with Gasteiger partial charge in [-0.25, -0.2) is 4.98 Å². The summed E-state index contributed by atoms with van der Waals surface area (Å²) in [6, 6.07) is 3.96. The maximum atomic E-state index is 5.15. The van der Waals surface area contributed by atoms with Crippen molar-refractivity contribution in [2.45, 2.75) is 6.54 Å². The summed E-state index contributed by atoms with van der Waals surface area (Å²) in [5.41, 5.74) is 0.986. The molecule has 1 aromatic heterocycles. The van der Waals surface area contributed by atoms with Crippen molar-refractivity contribution >= 4 is 53.5 Å². The number of oxazole rings is 1. The number of hydrogen-bond donors (Lipinski definition) is 1. The summed E-state index contributed by atoms with van der Waals surface area (Å²) in [5.74, 6) is 0.793. The number of benzene rings is 1. The molecule has 3 nitrogen and oxygen atoms in total. The van der Waals surface area contributed by atoms with E-state index >= 15 is 0 Å². The lowest BCUT2D eigenvalue weighted by atomic mass is 10.3. The number of halogens is 3. The fourth-order valence-electron chi connectivity index (χ4n) is 1.22. The van der Waals surface area contributed by atoms with Crippen LogP contribution >= 0.6 is 47.8 Å². The van der Waals surface area contributed by atoms with E-state index in [9.17, 15) is 0 Å². The van der Waals surface area contributed by atoms with Gasteiger partial charge in [0.1, 0.15) is 5.76 Å². The van der Waals surface area contributed by atoms with Crippen LogP contribution in [-0.2, 0) is 6.54 Å². The van der Waals surface area contributed by atoms with Crippen LogP contribution in [0.1, 0.15) is 5.76 Å². The molecule has 0 fully saturated rings. The molecule has 0 radical (unpaired) electrons. The monoisotopic (exact) mass is 408 g/mol. The molecule has 6 heteroatoms. The summed E-state index contributed by atoms with van der Waals surface area (Å²) in [6.07, 6.45) is 3.11. The van der Waals surface area contributed by atoms with Gasteiger partial charge in [0.2, 0.25) is 0 Å². The van der Waals surface area contributed by atoms with E-state index in [1.165, 1.54) is 6.39 Å². The lowest BCUT2D eigenvalue weighted by Crippen LogP contribution is -1.99. The summed E-state index contributed by atoms with van der Waals surface area (Å²) in [5, 5.41) is 3.26. The molecule has 16 heavy (non-hydrogen) atoms. The highest BCUT2D eigenvalue weighted by Crippen LogP contribution is 2.34. The van der Waals surface area contributed by atoms with Crippen LogP contribution in [0.15, 0.2) is 42.6 Å². The topological polar surface area (TPSA) is 38.1 Å². The minimum absolute atomic E-state index is 0.596. The Bertz CT molecular complexity index is 462. The highest BCUT2D eigenvalue weighted by atomic mass is 79.9. The van der Waals surface area contributed by atoms with Crippen LogP contribution < -0.4 is 5.32 Å². The Kier molecular flexibility index (Phi) is 4.05. The first-order valence-corrected chi connectivity index (χ1v) is 6.80. The zero-order valence-electron chi connectivity index (χ0n) is 8.01. The average molecular weight is 411 g/mol. The molecule has 0 amide bonds. The molecular formula is C10H7Br3N2O. The van der Waals surface area contributed by atoms with Gasteiger partial charge in [0.15, 0.2) is 6.39 Å². The first kappa shape index (κ1) is 12.1. The van der Waals surface area contributed by atoms with Crippen LogP contribution in [0.3, 0.4) is 0 Å². The summed E-state index contributed by atoms with van der Waals surface area (Å²) >= 11 is 10.4. The van der Waals surface area contributed by atoms with Gasteiger partial charge in [-0.15, -0.1) is 0 Å². The van der Waals surface area contributed by atoms with Crippen molar-refractivity contribution in [1.29, 1.82) is 0 Å². The molecule has 1 heterocycles. The van der Waals surface area contributed by atoms with Gasteiger partial charge in [-0.2, -0.15) is 0 Å². The van der Waals surface area contributed by atoms with Crippen molar-refractivity contribution in [3.05, 3.63) is 43.9 Å². The average Bonchev–Trinajstić information content (AvgIpc) is 2.68. The predicted octanol–water partition coefficient (Wildman–Crippen LogP) is 4.57. The second-order valence-corrected chi connectivity index (χ2v) is 5.69. The molecule has 2 aromatic rings. The number of anilines is 1. The maximum absolute atomic E-state index is 5.15. The van der Waals surface area contributed by atoms with Gasteiger partial charge >= 0.3 is 0 Å². The fourth-order valence-corrected chi connectivity index (χ4v) is 3.76. The minimum atomic E-state index is 0.596. The zero-order valence-corrected chi connectivity index (χ0v) is 12.8. The van der Waals surface area contributed by atoms with E-state index in [2.05, 4.69) is 58.1 Å². The van der Waals surface area contributed by atoms with Gasteiger partial charge in [0.05, 0.1) is 18.4 Å². The van der Waals surface area contributed by atoms with E-state index in [1.807, 2.05) is 12.1 Å². The van der Waals surface area contributed by atoms with Gasteiger partial charge in [0, 0.05) is 13.4 Å². The molecule has 0 saturated carbocycles. The minimum Gasteiger partial charge on any atom is -0.447 e. The van der Waals surface area contributed by atoms with Crippen LogP contribution in [0.2, 0.25) is 0 Å². The van der Waals surface area contributed by atoms with E-state index in [0.717, 1.165) is 24.9 Å². The summed E-state index contributed by atoms with van der Waals surface area (Å²) in [7, 11) is 0. The standard InChI is InChI=1S/C10H7Br3N2O/c11-6-1-8(12)10(9(13)2-6)15-4-7-3-14-5-16-7/h1-3,5,15H,4H2. The van der Waals surface area contributed by atoms with E-state index in [4.69, 9.17) is 4.42 Å². The van der Waals surface area contributed by atoms with Gasteiger partial charge in [-0.1, -0.05) is 15.9 Å². The van der Waals surface area contributed by atoms with Gasteiger partial charge in [0.25, 0.3) is 0 Å². The molecule has 0 aliphatic heterocycles. The van der Waals surface area contributed by atoms with Crippen LogP contribution in [-0.4, -0.2) is 4.98 Å². The van der Waals surface area contributed by atoms with Crippen molar-refractivity contribution in [2.24, 2.45) is 0 Å². The Morgan fingerprint density at radius 2 is 1.88 bits per heavy atom. The van der Waals surface area contributed by atoms with Crippen LogP contribution in [0.4, 0.5) is 5.69 Å². The molecule has 1 N–H and O–H groups in total. The second-order valence-electron chi connectivity index (χ2n) is 3.07. The Morgan fingerprint density at radius 1 is 1.19 bits per heavy atom. The predicted molar refractivity (Wildman–Crippen MR) is 73.4 cm³/mol. The van der Waals surface area contributed by atoms with Crippen molar-refractivity contribution < 1.29 is 4.42 Å². The third-order valence-corrected chi connectivity index (χ3v) is 3.64. The number of rotatable bonds is 3.